The Morgan fingerprint density at radius 2 is 1.77 bits per heavy atom. The van der Waals surface area contributed by atoms with Crippen molar-refractivity contribution in [2.24, 2.45) is 11.8 Å². The largest absolute Gasteiger partial charge is 0.497 e. The second-order valence-electron chi connectivity index (χ2n) is 15.4. The van der Waals surface area contributed by atoms with E-state index in [0.717, 1.165) is 16.7 Å². The van der Waals surface area contributed by atoms with Crippen molar-refractivity contribution < 1.29 is 38.9 Å². The van der Waals surface area contributed by atoms with Crippen LogP contribution in [0.15, 0.2) is 78.9 Å². The summed E-state index contributed by atoms with van der Waals surface area (Å²) in [5.41, 5.74) is 2.48. The number of pyridine rings is 1. The molecule has 3 aliphatic rings. The highest BCUT2D eigenvalue weighted by Gasteiger charge is 2.55. The molecule has 0 radical (unpaired) electrons. The molecular formula is C43H49N5O8. The van der Waals surface area contributed by atoms with Crippen molar-refractivity contribution in [1.29, 1.82) is 0 Å². The number of methoxy groups -OCH3 is 1. The molecule has 3 aromatic carbocycles. The van der Waals surface area contributed by atoms with Crippen molar-refractivity contribution in [3.8, 4) is 22.8 Å². The minimum atomic E-state index is -1.43. The van der Waals surface area contributed by atoms with Crippen LogP contribution in [0.4, 0.5) is 4.79 Å². The molecule has 2 aliphatic carbocycles. The number of likely N-dealkylation sites (tertiary alicyclic amines) is 1. The number of aliphatic carboxylic acids is 1. The van der Waals surface area contributed by atoms with Crippen molar-refractivity contribution in [2.45, 2.75) is 88.7 Å². The summed E-state index contributed by atoms with van der Waals surface area (Å²) in [5.74, 6) is -1.68. The molecule has 0 bridgehead atoms. The van der Waals surface area contributed by atoms with E-state index >= 15 is 0 Å². The Hall–Kier alpha value is -5.69. The van der Waals surface area contributed by atoms with Gasteiger partial charge >= 0.3 is 12.0 Å². The van der Waals surface area contributed by atoms with Gasteiger partial charge in [-0.1, -0.05) is 81.8 Å². The Bertz CT molecular complexity index is 2130. The molecule has 7 rings (SSSR count). The van der Waals surface area contributed by atoms with Gasteiger partial charge in [-0.25, -0.2) is 14.6 Å². The van der Waals surface area contributed by atoms with Gasteiger partial charge in [0.2, 0.25) is 11.8 Å². The highest BCUT2D eigenvalue weighted by atomic mass is 16.5. The number of aliphatic hydroxyl groups excluding tert-OH is 1. The van der Waals surface area contributed by atoms with Gasteiger partial charge in [-0.3, -0.25) is 9.59 Å². The number of fused-ring (bicyclic) bond motifs is 2. The van der Waals surface area contributed by atoms with Crippen LogP contribution < -0.4 is 25.4 Å². The number of nitrogens with zero attached hydrogens (tertiary/aromatic N) is 2. The third-order valence-electron chi connectivity index (χ3n) is 11.7. The first-order valence-corrected chi connectivity index (χ1v) is 19.3. The van der Waals surface area contributed by atoms with Gasteiger partial charge in [-0.05, 0) is 47.9 Å². The zero-order chi connectivity index (χ0) is 39.7. The van der Waals surface area contributed by atoms with Crippen molar-refractivity contribution in [1.82, 2.24) is 25.8 Å². The Morgan fingerprint density at radius 3 is 2.45 bits per heavy atom. The summed E-state index contributed by atoms with van der Waals surface area (Å²) < 4.78 is 12.1. The first kappa shape index (κ1) is 38.6. The van der Waals surface area contributed by atoms with Gasteiger partial charge in [0.1, 0.15) is 35.2 Å². The van der Waals surface area contributed by atoms with E-state index < -0.39 is 59.7 Å². The number of aromatic nitrogens is 1. The fourth-order valence-corrected chi connectivity index (χ4v) is 8.43. The lowest BCUT2D eigenvalue weighted by molar-refractivity contribution is -0.157. The van der Waals surface area contributed by atoms with E-state index in [1.807, 2.05) is 79.7 Å². The van der Waals surface area contributed by atoms with Gasteiger partial charge in [0.15, 0.2) is 0 Å². The number of nitrogens with one attached hydrogen (secondary N) is 3. The van der Waals surface area contributed by atoms with Crippen LogP contribution in [0, 0.1) is 11.8 Å². The number of benzene rings is 3. The van der Waals surface area contributed by atoms with Gasteiger partial charge < -0.3 is 40.5 Å². The van der Waals surface area contributed by atoms with Crippen LogP contribution in [0.25, 0.3) is 22.2 Å². The summed E-state index contributed by atoms with van der Waals surface area (Å²) in [6, 6.07) is 21.0. The van der Waals surface area contributed by atoms with Crippen molar-refractivity contribution in [3.63, 3.8) is 0 Å². The van der Waals surface area contributed by atoms with Crippen LogP contribution in [0.2, 0.25) is 0 Å². The molecule has 13 nitrogen and oxygen atoms in total. The van der Waals surface area contributed by atoms with Gasteiger partial charge in [-0.15, -0.1) is 0 Å². The monoisotopic (exact) mass is 763 g/mol. The molecule has 2 fully saturated rings. The maximum absolute atomic E-state index is 14.3. The average molecular weight is 764 g/mol. The molecule has 4 aromatic rings. The topological polar surface area (TPSA) is 179 Å². The van der Waals surface area contributed by atoms with Gasteiger partial charge in [0, 0.05) is 35.9 Å². The smallest absolute Gasteiger partial charge is 0.329 e. The molecule has 1 aliphatic heterocycles. The number of aliphatic hydroxyl groups is 1. The van der Waals surface area contributed by atoms with Crippen LogP contribution in [0.5, 0.6) is 11.5 Å². The summed E-state index contributed by atoms with van der Waals surface area (Å²) in [6.07, 6.45) is 0.476. The van der Waals surface area contributed by atoms with E-state index in [9.17, 15) is 29.4 Å². The highest BCUT2D eigenvalue weighted by Crippen LogP contribution is 2.42. The standard InChI is InChI=1S/C43H49N5O8/c1-5-27-17-18-43(27,41(52)53)47-39(50)34-21-29(56-36-22-32(25-11-7-6-8-12-25)44-33-20-28(55-4)15-16-31(33)36)23-48(34)42(54)46-37(24(2)3)40(51)45-38-30-14-10-9-13-26(30)19-35(38)49/h6-16,20,22,24,27,29,34-35,37-38,49H,5,17-19,21,23H2,1-4H3,(H,45,51)(H,46,54)(H,47,50)(H,52,53)/t27-,29+,34-,35-,37-,38+,43-/m0/s1. The van der Waals surface area contributed by atoms with E-state index in [1.165, 1.54) is 4.90 Å². The Labute approximate surface area is 325 Å². The molecule has 1 saturated carbocycles. The number of hydrogen-bond acceptors (Lipinski definition) is 8. The predicted octanol–water partition coefficient (Wildman–Crippen LogP) is 5.00. The fraction of sp³-hybridized carbons (Fsp3) is 0.419. The van der Waals surface area contributed by atoms with Gasteiger partial charge in [0.05, 0.1) is 37.0 Å². The van der Waals surface area contributed by atoms with Crippen LogP contribution in [0.1, 0.15) is 63.6 Å². The van der Waals surface area contributed by atoms with Gasteiger partial charge in [0.25, 0.3) is 0 Å². The van der Waals surface area contributed by atoms with E-state index in [2.05, 4.69) is 16.0 Å². The predicted molar refractivity (Wildman–Crippen MR) is 209 cm³/mol. The Kier molecular flexibility index (Phi) is 10.9. The normalized spacial score (nSPS) is 24.5. The number of rotatable bonds is 12. The highest BCUT2D eigenvalue weighted by molar-refractivity contribution is 5.94. The van der Waals surface area contributed by atoms with Crippen LogP contribution in [-0.2, 0) is 20.8 Å². The second-order valence-corrected chi connectivity index (χ2v) is 15.4. The zero-order valence-electron chi connectivity index (χ0n) is 32.0. The molecule has 13 heteroatoms. The lowest BCUT2D eigenvalue weighted by atomic mass is 9.65. The summed E-state index contributed by atoms with van der Waals surface area (Å²) in [5, 5.41) is 30.5. The van der Waals surface area contributed by atoms with Crippen molar-refractivity contribution in [3.05, 3.63) is 90.0 Å². The number of ether oxygens (including phenoxy) is 2. The lowest BCUT2D eigenvalue weighted by Gasteiger charge is -2.47. The maximum Gasteiger partial charge on any atom is 0.329 e. The maximum atomic E-state index is 14.3. The molecule has 56 heavy (non-hydrogen) atoms. The molecule has 2 heterocycles. The number of carbonyl (C=O) groups excluding carboxylic acids is 3. The molecule has 1 saturated heterocycles. The zero-order valence-corrected chi connectivity index (χ0v) is 32.0. The average Bonchev–Trinajstić information content (AvgIpc) is 3.75. The van der Waals surface area contributed by atoms with Crippen LogP contribution >= 0.6 is 0 Å². The lowest BCUT2D eigenvalue weighted by Crippen LogP contribution is -2.67. The number of carboxylic acid groups (broad SMARTS) is 1. The van der Waals surface area contributed by atoms with Crippen molar-refractivity contribution in [2.75, 3.05) is 13.7 Å². The van der Waals surface area contributed by atoms with E-state index in [4.69, 9.17) is 14.5 Å². The number of urea groups is 1. The third kappa shape index (κ3) is 7.35. The van der Waals surface area contributed by atoms with Gasteiger partial charge in [-0.2, -0.15) is 0 Å². The Morgan fingerprint density at radius 1 is 1.02 bits per heavy atom. The first-order chi connectivity index (χ1) is 26.9. The minimum Gasteiger partial charge on any atom is -0.497 e. The molecule has 0 unspecified atom stereocenters. The van der Waals surface area contributed by atoms with E-state index in [0.29, 0.717) is 47.4 Å². The fourth-order valence-electron chi connectivity index (χ4n) is 8.43. The third-order valence-corrected chi connectivity index (χ3v) is 11.7. The van der Waals surface area contributed by atoms with Crippen molar-refractivity contribution >= 4 is 34.7 Å². The van der Waals surface area contributed by atoms with Crippen LogP contribution in [-0.4, -0.2) is 87.4 Å². The molecule has 7 atom stereocenters. The summed E-state index contributed by atoms with van der Waals surface area (Å²) in [4.78, 5) is 61.1. The Balaban J connectivity index is 1.17. The quantitative estimate of drug-likeness (QED) is 0.133. The molecule has 4 amide bonds. The number of amides is 4. The number of carbonyl (C=O) groups is 4. The summed E-state index contributed by atoms with van der Waals surface area (Å²) in [7, 11) is 1.58. The minimum absolute atomic E-state index is 0.0248. The molecule has 1 aromatic heterocycles. The number of carboxylic acids is 1. The summed E-state index contributed by atoms with van der Waals surface area (Å²) in [6.45, 7) is 5.47. The van der Waals surface area contributed by atoms with E-state index in [1.54, 1.807) is 27.0 Å². The number of hydrogen-bond donors (Lipinski definition) is 5. The molecule has 5 N–H and O–H groups in total. The second kappa shape index (κ2) is 15.8. The molecular weight excluding hydrogens is 714 g/mol. The van der Waals surface area contributed by atoms with Crippen LogP contribution in [0.3, 0.4) is 0 Å². The molecule has 0 spiro atoms. The summed E-state index contributed by atoms with van der Waals surface area (Å²) >= 11 is 0. The first-order valence-electron chi connectivity index (χ1n) is 19.3. The molecule has 294 valence electrons. The van der Waals surface area contributed by atoms with E-state index in [-0.39, 0.29) is 31.2 Å². The SMILES string of the molecule is CC[C@H]1CC[C@@]1(NC(=O)[C@@H]1C[C@@H](Oc2cc(-c3ccccc3)nc3cc(OC)ccc23)CN1C(=O)N[C@H](C(=O)N[C@@H]1c2ccccc2C[C@@H]1O)C(C)C)C(=O)O.